The molecule has 4 aromatic rings. The predicted molar refractivity (Wildman–Crippen MR) is 138 cm³/mol. The van der Waals surface area contributed by atoms with E-state index in [1.807, 2.05) is 60.7 Å². The lowest BCUT2D eigenvalue weighted by atomic mass is 9.87. The van der Waals surface area contributed by atoms with Crippen LogP contribution >= 0.6 is 23.4 Å². The largest absolute Gasteiger partial charge is 0.486 e. The molecule has 34 heavy (non-hydrogen) atoms. The Hall–Kier alpha value is -3.15. The minimum atomic E-state index is -0.315. The normalized spacial score (nSPS) is 11.3. The van der Waals surface area contributed by atoms with E-state index in [1.54, 1.807) is 23.9 Å². The van der Waals surface area contributed by atoms with Crippen molar-refractivity contribution in [2.45, 2.75) is 42.6 Å². The van der Waals surface area contributed by atoms with E-state index in [-0.39, 0.29) is 23.7 Å². The highest BCUT2D eigenvalue weighted by atomic mass is 35.5. The summed E-state index contributed by atoms with van der Waals surface area (Å²) in [6.07, 6.45) is 0. The van der Waals surface area contributed by atoms with Crippen LogP contribution in [0.25, 0.3) is 0 Å². The lowest BCUT2D eigenvalue weighted by Crippen LogP contribution is -2.11. The molecule has 1 aromatic heterocycles. The van der Waals surface area contributed by atoms with Crippen molar-refractivity contribution in [2.75, 3.05) is 5.32 Å². The summed E-state index contributed by atoms with van der Waals surface area (Å²) >= 11 is 7.53. The number of carbonyl (C=O) groups is 1. The number of rotatable bonds is 7. The molecule has 1 N–H and O–H groups in total. The first-order valence-electron chi connectivity index (χ1n) is 10.9. The number of halogens is 1. The lowest BCUT2D eigenvalue weighted by Gasteiger charge is -2.19. The molecule has 1 heterocycles. The SMILES string of the molecule is CC(C)(C)c1ccc(OCc2ccc(C(=O)Nc3ccccc3Sc3ccc(Cl)cc3)o2)cc1. The van der Waals surface area contributed by atoms with E-state index in [0.717, 1.165) is 15.5 Å². The number of hydrogen-bond acceptors (Lipinski definition) is 4. The summed E-state index contributed by atoms with van der Waals surface area (Å²) in [6.45, 7) is 6.76. The molecule has 1 amide bonds. The summed E-state index contributed by atoms with van der Waals surface area (Å²) in [6, 6.07) is 26.7. The third-order valence-corrected chi connectivity index (χ3v) is 6.50. The third kappa shape index (κ3) is 6.25. The minimum Gasteiger partial charge on any atom is -0.486 e. The van der Waals surface area contributed by atoms with E-state index in [2.05, 4.69) is 38.2 Å². The quantitative estimate of drug-likeness (QED) is 0.283. The number of anilines is 1. The monoisotopic (exact) mass is 491 g/mol. The highest BCUT2D eigenvalue weighted by Gasteiger charge is 2.15. The maximum atomic E-state index is 12.8. The van der Waals surface area contributed by atoms with Gasteiger partial charge in [-0.05, 0) is 71.6 Å². The second kappa shape index (κ2) is 10.4. The zero-order valence-electron chi connectivity index (χ0n) is 19.3. The standard InChI is InChI=1S/C28H26ClNO3S/c1-28(2,3)19-8-12-21(13-9-19)32-18-22-14-17-25(33-22)27(31)30-24-6-4-5-7-26(24)34-23-15-10-20(29)11-16-23/h4-17H,18H2,1-3H3,(H,30,31). The number of furan rings is 1. The van der Waals surface area contributed by atoms with Crippen LogP contribution in [0.3, 0.4) is 0 Å². The molecule has 0 atom stereocenters. The average molecular weight is 492 g/mol. The Morgan fingerprint density at radius 3 is 2.35 bits per heavy atom. The van der Waals surface area contributed by atoms with Crippen LogP contribution in [-0.4, -0.2) is 5.91 Å². The van der Waals surface area contributed by atoms with Crippen molar-refractivity contribution in [2.24, 2.45) is 0 Å². The highest BCUT2D eigenvalue weighted by molar-refractivity contribution is 7.99. The number of hydrogen-bond donors (Lipinski definition) is 1. The number of nitrogens with one attached hydrogen (secondary N) is 1. The van der Waals surface area contributed by atoms with E-state index in [9.17, 15) is 4.79 Å². The lowest BCUT2D eigenvalue weighted by molar-refractivity contribution is 0.0992. The molecule has 4 rings (SSSR count). The number of para-hydroxylation sites is 1. The number of ether oxygens (including phenoxy) is 1. The maximum absolute atomic E-state index is 12.8. The Morgan fingerprint density at radius 2 is 1.65 bits per heavy atom. The van der Waals surface area contributed by atoms with Gasteiger partial charge in [-0.3, -0.25) is 4.79 Å². The Balaban J connectivity index is 1.38. The molecule has 0 radical (unpaired) electrons. The van der Waals surface area contributed by atoms with Crippen molar-refractivity contribution in [1.82, 2.24) is 0 Å². The zero-order chi connectivity index (χ0) is 24.1. The van der Waals surface area contributed by atoms with Crippen LogP contribution in [0.15, 0.2) is 99.1 Å². The van der Waals surface area contributed by atoms with Crippen LogP contribution < -0.4 is 10.1 Å². The summed E-state index contributed by atoms with van der Waals surface area (Å²) in [5.41, 5.74) is 2.04. The Morgan fingerprint density at radius 1 is 0.941 bits per heavy atom. The van der Waals surface area contributed by atoms with E-state index < -0.39 is 0 Å². The van der Waals surface area contributed by atoms with Gasteiger partial charge in [0.15, 0.2) is 5.76 Å². The van der Waals surface area contributed by atoms with Gasteiger partial charge in [0.2, 0.25) is 0 Å². The van der Waals surface area contributed by atoms with Crippen molar-refractivity contribution >= 4 is 35.0 Å². The smallest absolute Gasteiger partial charge is 0.291 e. The van der Waals surface area contributed by atoms with Crippen molar-refractivity contribution < 1.29 is 13.9 Å². The van der Waals surface area contributed by atoms with Gasteiger partial charge < -0.3 is 14.5 Å². The molecule has 4 nitrogen and oxygen atoms in total. The van der Waals surface area contributed by atoms with Crippen LogP contribution in [0.5, 0.6) is 5.75 Å². The molecule has 6 heteroatoms. The van der Waals surface area contributed by atoms with Crippen LogP contribution in [-0.2, 0) is 12.0 Å². The van der Waals surface area contributed by atoms with Gasteiger partial charge in [0.1, 0.15) is 18.1 Å². The Kier molecular flexibility index (Phi) is 7.35. The minimum absolute atomic E-state index is 0.0910. The van der Waals surface area contributed by atoms with E-state index in [1.165, 1.54) is 5.56 Å². The second-order valence-electron chi connectivity index (χ2n) is 8.84. The first-order chi connectivity index (χ1) is 16.3. The average Bonchev–Trinajstić information content (AvgIpc) is 3.29. The highest BCUT2D eigenvalue weighted by Crippen LogP contribution is 2.34. The molecule has 0 aliphatic carbocycles. The summed E-state index contributed by atoms with van der Waals surface area (Å²) < 4.78 is 11.6. The third-order valence-electron chi connectivity index (χ3n) is 5.16. The molecule has 0 fully saturated rings. The van der Waals surface area contributed by atoms with Crippen molar-refractivity contribution in [3.8, 4) is 5.75 Å². The predicted octanol–water partition coefficient (Wildman–Crippen LogP) is 8.21. The summed E-state index contributed by atoms with van der Waals surface area (Å²) in [7, 11) is 0. The Labute approximate surface area is 209 Å². The Bertz CT molecular complexity index is 1260. The summed E-state index contributed by atoms with van der Waals surface area (Å²) in [5.74, 6) is 1.25. The first kappa shape index (κ1) is 24.0. The first-order valence-corrected chi connectivity index (χ1v) is 12.1. The molecular weight excluding hydrogens is 466 g/mol. The van der Waals surface area contributed by atoms with Gasteiger partial charge in [-0.15, -0.1) is 0 Å². The number of benzene rings is 3. The molecule has 174 valence electrons. The van der Waals surface area contributed by atoms with Crippen molar-refractivity contribution in [3.63, 3.8) is 0 Å². The molecule has 3 aromatic carbocycles. The van der Waals surface area contributed by atoms with Crippen LogP contribution in [0.2, 0.25) is 5.02 Å². The molecule has 0 spiro atoms. The molecule has 0 aliphatic rings. The molecular formula is C28H26ClNO3S. The van der Waals surface area contributed by atoms with Crippen molar-refractivity contribution in [3.05, 3.63) is 107 Å². The van der Waals surface area contributed by atoms with E-state index >= 15 is 0 Å². The fraction of sp³-hybridized carbons (Fsp3) is 0.179. The molecule has 0 bridgehead atoms. The second-order valence-corrected chi connectivity index (χ2v) is 10.4. The van der Waals surface area contributed by atoms with Crippen LogP contribution in [0.1, 0.15) is 42.6 Å². The van der Waals surface area contributed by atoms with Crippen molar-refractivity contribution in [1.29, 1.82) is 0 Å². The molecule has 0 saturated heterocycles. The zero-order valence-corrected chi connectivity index (χ0v) is 20.9. The van der Waals surface area contributed by atoms with Gasteiger partial charge in [0.25, 0.3) is 5.91 Å². The number of carbonyl (C=O) groups excluding carboxylic acids is 1. The fourth-order valence-electron chi connectivity index (χ4n) is 3.26. The molecule has 0 saturated carbocycles. The topological polar surface area (TPSA) is 51.5 Å². The van der Waals surface area contributed by atoms with E-state index in [4.69, 9.17) is 20.8 Å². The molecule has 0 aliphatic heterocycles. The molecule has 0 unspecified atom stereocenters. The van der Waals surface area contributed by atoms with Crippen LogP contribution in [0, 0.1) is 0 Å². The number of amides is 1. The maximum Gasteiger partial charge on any atom is 0.291 e. The van der Waals surface area contributed by atoms with Gasteiger partial charge >= 0.3 is 0 Å². The summed E-state index contributed by atoms with van der Waals surface area (Å²) in [5, 5.41) is 3.63. The van der Waals surface area contributed by atoms with Gasteiger partial charge in [0, 0.05) is 14.8 Å². The van der Waals surface area contributed by atoms with Crippen LogP contribution in [0.4, 0.5) is 5.69 Å². The van der Waals surface area contributed by atoms with E-state index in [0.29, 0.717) is 16.5 Å². The fourth-order valence-corrected chi connectivity index (χ4v) is 4.28. The van der Waals surface area contributed by atoms with Gasteiger partial charge in [0.05, 0.1) is 5.69 Å². The van der Waals surface area contributed by atoms with Gasteiger partial charge in [-0.2, -0.15) is 0 Å². The van der Waals surface area contributed by atoms with Gasteiger partial charge in [-0.1, -0.05) is 68.4 Å². The summed E-state index contributed by atoms with van der Waals surface area (Å²) in [4.78, 5) is 14.8. The van der Waals surface area contributed by atoms with Gasteiger partial charge in [-0.25, -0.2) is 0 Å².